The molecular formula is C14H18ClNO2. The smallest absolute Gasteiger partial charge is 0.231 e. The molecule has 0 aliphatic rings. The van der Waals surface area contributed by atoms with Gasteiger partial charge in [0.15, 0.2) is 0 Å². The topological polar surface area (TPSA) is 46.2 Å². The summed E-state index contributed by atoms with van der Waals surface area (Å²) in [6.07, 6.45) is -0.131. The Balaban J connectivity index is 2.71. The van der Waals surface area contributed by atoms with Gasteiger partial charge in [-0.1, -0.05) is 38.4 Å². The van der Waals surface area contributed by atoms with Gasteiger partial charge in [-0.25, -0.2) is 0 Å². The van der Waals surface area contributed by atoms with Crippen molar-refractivity contribution in [2.75, 3.05) is 5.32 Å². The number of ketones is 1. The average Bonchev–Trinajstić information content (AvgIpc) is 2.22. The lowest BCUT2D eigenvalue weighted by Gasteiger charge is -2.16. The SMILES string of the molecule is Cc1ccc(Cl)c(NC(=O)CC(=O)C(C)(C)C)c1. The van der Waals surface area contributed by atoms with Crippen LogP contribution in [0.25, 0.3) is 0 Å². The molecule has 0 atom stereocenters. The fourth-order valence-corrected chi connectivity index (χ4v) is 1.51. The molecule has 0 fully saturated rings. The highest BCUT2D eigenvalue weighted by Gasteiger charge is 2.23. The van der Waals surface area contributed by atoms with E-state index in [-0.39, 0.29) is 18.1 Å². The van der Waals surface area contributed by atoms with Gasteiger partial charge in [0.05, 0.1) is 17.1 Å². The second kappa shape index (κ2) is 5.53. The summed E-state index contributed by atoms with van der Waals surface area (Å²) in [6.45, 7) is 7.29. The summed E-state index contributed by atoms with van der Waals surface area (Å²) < 4.78 is 0. The van der Waals surface area contributed by atoms with Crippen LogP contribution in [0.4, 0.5) is 5.69 Å². The molecule has 0 radical (unpaired) electrons. The van der Waals surface area contributed by atoms with E-state index in [4.69, 9.17) is 11.6 Å². The maximum Gasteiger partial charge on any atom is 0.231 e. The van der Waals surface area contributed by atoms with Crippen molar-refractivity contribution >= 4 is 29.0 Å². The maximum absolute atomic E-state index is 11.7. The monoisotopic (exact) mass is 267 g/mol. The number of halogens is 1. The van der Waals surface area contributed by atoms with Gasteiger partial charge in [-0.2, -0.15) is 0 Å². The molecule has 0 aromatic heterocycles. The van der Waals surface area contributed by atoms with E-state index in [1.54, 1.807) is 32.9 Å². The van der Waals surface area contributed by atoms with Crippen LogP contribution in [0.1, 0.15) is 32.8 Å². The van der Waals surface area contributed by atoms with Gasteiger partial charge in [0.1, 0.15) is 5.78 Å². The van der Waals surface area contributed by atoms with Gasteiger partial charge in [-0.05, 0) is 24.6 Å². The highest BCUT2D eigenvalue weighted by molar-refractivity contribution is 6.33. The van der Waals surface area contributed by atoms with Crippen LogP contribution in [0.3, 0.4) is 0 Å². The number of amides is 1. The molecule has 0 heterocycles. The van der Waals surface area contributed by atoms with E-state index < -0.39 is 5.41 Å². The van der Waals surface area contributed by atoms with Crippen LogP contribution >= 0.6 is 11.6 Å². The highest BCUT2D eigenvalue weighted by atomic mass is 35.5. The molecule has 1 rings (SSSR count). The van der Waals surface area contributed by atoms with Gasteiger partial charge < -0.3 is 5.32 Å². The molecule has 0 aliphatic carbocycles. The minimum Gasteiger partial charge on any atom is -0.324 e. The Kier molecular flexibility index (Phi) is 4.52. The van der Waals surface area contributed by atoms with E-state index in [9.17, 15) is 9.59 Å². The molecule has 0 bridgehead atoms. The molecule has 0 saturated carbocycles. The Morgan fingerprint density at radius 1 is 1.28 bits per heavy atom. The fourth-order valence-electron chi connectivity index (χ4n) is 1.34. The first-order valence-corrected chi connectivity index (χ1v) is 6.17. The Hall–Kier alpha value is -1.35. The number of hydrogen-bond acceptors (Lipinski definition) is 2. The van der Waals surface area contributed by atoms with E-state index in [1.165, 1.54) is 0 Å². The van der Waals surface area contributed by atoms with Gasteiger partial charge in [-0.3, -0.25) is 9.59 Å². The first-order chi connectivity index (χ1) is 8.20. The molecule has 1 aromatic carbocycles. The lowest BCUT2D eigenvalue weighted by Crippen LogP contribution is -2.26. The number of carbonyl (C=O) groups excluding carboxylic acids is 2. The van der Waals surface area contributed by atoms with Gasteiger partial charge in [-0.15, -0.1) is 0 Å². The molecule has 1 aromatic rings. The van der Waals surface area contributed by atoms with Crippen molar-refractivity contribution in [1.82, 2.24) is 0 Å². The van der Waals surface area contributed by atoms with Gasteiger partial charge in [0.2, 0.25) is 5.91 Å². The van der Waals surface area contributed by atoms with Crippen molar-refractivity contribution in [3.05, 3.63) is 28.8 Å². The van der Waals surface area contributed by atoms with Crippen LogP contribution in [-0.2, 0) is 9.59 Å². The molecular weight excluding hydrogens is 250 g/mol. The standard InChI is InChI=1S/C14H18ClNO2/c1-9-5-6-10(15)11(7-9)16-13(18)8-12(17)14(2,3)4/h5-7H,8H2,1-4H3,(H,16,18). The minimum absolute atomic E-state index is 0.0937. The molecule has 18 heavy (non-hydrogen) atoms. The van der Waals surface area contributed by atoms with E-state index in [0.717, 1.165) is 5.56 Å². The molecule has 1 amide bonds. The average molecular weight is 268 g/mol. The Bertz CT molecular complexity index is 475. The van der Waals surface area contributed by atoms with Crippen LogP contribution in [0.2, 0.25) is 5.02 Å². The van der Waals surface area contributed by atoms with Crippen molar-refractivity contribution in [2.24, 2.45) is 5.41 Å². The Labute approximate surface area is 113 Å². The van der Waals surface area contributed by atoms with E-state index in [2.05, 4.69) is 5.32 Å². The summed E-state index contributed by atoms with van der Waals surface area (Å²) in [5.74, 6) is -0.425. The molecule has 1 N–H and O–H groups in total. The quantitative estimate of drug-likeness (QED) is 0.851. The van der Waals surface area contributed by atoms with Crippen molar-refractivity contribution < 1.29 is 9.59 Å². The summed E-state index contributed by atoms with van der Waals surface area (Å²) in [6, 6.07) is 5.36. The molecule has 0 spiro atoms. The van der Waals surface area contributed by atoms with E-state index >= 15 is 0 Å². The van der Waals surface area contributed by atoms with Crippen LogP contribution < -0.4 is 5.32 Å². The van der Waals surface area contributed by atoms with Crippen LogP contribution in [0.15, 0.2) is 18.2 Å². The second-order valence-corrected chi connectivity index (χ2v) is 5.79. The van der Waals surface area contributed by atoms with Gasteiger partial charge in [0.25, 0.3) is 0 Å². The predicted octanol–water partition coefficient (Wildman–Crippen LogP) is 3.59. The zero-order valence-corrected chi connectivity index (χ0v) is 11.9. The third kappa shape index (κ3) is 4.15. The lowest BCUT2D eigenvalue weighted by molar-refractivity contribution is -0.130. The van der Waals surface area contributed by atoms with Crippen LogP contribution in [-0.4, -0.2) is 11.7 Å². The normalized spacial score (nSPS) is 11.2. The maximum atomic E-state index is 11.7. The second-order valence-electron chi connectivity index (χ2n) is 5.38. The summed E-state index contributed by atoms with van der Waals surface area (Å²) in [4.78, 5) is 23.5. The largest absolute Gasteiger partial charge is 0.324 e. The summed E-state index contributed by atoms with van der Waals surface area (Å²) in [5.41, 5.74) is 1.04. The first kappa shape index (κ1) is 14.7. The minimum atomic E-state index is -0.506. The molecule has 98 valence electrons. The number of rotatable bonds is 3. The van der Waals surface area contributed by atoms with E-state index in [0.29, 0.717) is 10.7 Å². The van der Waals surface area contributed by atoms with Gasteiger partial charge in [0, 0.05) is 5.41 Å². The third-order valence-electron chi connectivity index (χ3n) is 2.55. The van der Waals surface area contributed by atoms with Crippen LogP contribution in [0, 0.1) is 12.3 Å². The molecule has 3 nitrogen and oxygen atoms in total. The number of hydrogen-bond donors (Lipinski definition) is 1. The summed E-state index contributed by atoms with van der Waals surface area (Å²) in [5, 5.41) is 3.13. The molecule has 0 saturated heterocycles. The zero-order valence-electron chi connectivity index (χ0n) is 11.1. The fraction of sp³-hybridized carbons (Fsp3) is 0.429. The number of carbonyl (C=O) groups is 2. The Morgan fingerprint density at radius 3 is 2.44 bits per heavy atom. The van der Waals surface area contributed by atoms with E-state index in [1.807, 2.05) is 13.0 Å². The molecule has 0 unspecified atom stereocenters. The number of nitrogens with one attached hydrogen (secondary N) is 1. The Morgan fingerprint density at radius 2 is 1.89 bits per heavy atom. The van der Waals surface area contributed by atoms with Crippen molar-refractivity contribution in [2.45, 2.75) is 34.1 Å². The van der Waals surface area contributed by atoms with Crippen LogP contribution in [0.5, 0.6) is 0 Å². The highest BCUT2D eigenvalue weighted by Crippen LogP contribution is 2.23. The van der Waals surface area contributed by atoms with Crippen molar-refractivity contribution in [1.29, 1.82) is 0 Å². The summed E-state index contributed by atoms with van der Waals surface area (Å²) in [7, 11) is 0. The zero-order chi connectivity index (χ0) is 13.9. The third-order valence-corrected chi connectivity index (χ3v) is 2.88. The molecule has 0 aliphatic heterocycles. The summed E-state index contributed by atoms with van der Waals surface area (Å²) >= 11 is 5.97. The van der Waals surface area contributed by atoms with Crippen molar-refractivity contribution in [3.8, 4) is 0 Å². The number of benzene rings is 1. The number of aryl methyl sites for hydroxylation is 1. The number of anilines is 1. The molecule has 4 heteroatoms. The van der Waals surface area contributed by atoms with Crippen molar-refractivity contribution in [3.63, 3.8) is 0 Å². The first-order valence-electron chi connectivity index (χ1n) is 5.79. The number of Topliss-reactive ketones (excluding diaryl/α,β-unsaturated/α-hetero) is 1. The predicted molar refractivity (Wildman–Crippen MR) is 73.9 cm³/mol. The lowest BCUT2D eigenvalue weighted by atomic mass is 9.89. The van der Waals surface area contributed by atoms with Gasteiger partial charge >= 0.3 is 0 Å².